The van der Waals surface area contributed by atoms with Gasteiger partial charge >= 0.3 is 0 Å². The van der Waals surface area contributed by atoms with E-state index in [0.29, 0.717) is 0 Å². The summed E-state index contributed by atoms with van der Waals surface area (Å²) in [5.41, 5.74) is 0. The van der Waals surface area contributed by atoms with Crippen molar-refractivity contribution in [2.45, 2.75) is 46.7 Å². The van der Waals surface area contributed by atoms with Crippen LogP contribution in [0.15, 0.2) is 0 Å². The summed E-state index contributed by atoms with van der Waals surface area (Å²) in [7, 11) is -0.278. The molecule has 0 nitrogen and oxygen atoms in total. The minimum atomic E-state index is -0.139. The summed E-state index contributed by atoms with van der Waals surface area (Å²) >= 11 is 0. The Morgan fingerprint density at radius 3 is 0.556 bits per heavy atom. The molecule has 0 aromatic heterocycles. The molecule has 0 aliphatic rings. The predicted molar refractivity (Wildman–Crippen MR) is 56.2 cm³/mol. The lowest BCUT2D eigenvalue weighted by molar-refractivity contribution is 1.91. The van der Waals surface area contributed by atoms with Gasteiger partial charge in [-0.1, -0.05) is 46.7 Å². The van der Waals surface area contributed by atoms with E-state index in [1.165, 1.54) is 0 Å². The minimum Gasteiger partial charge on any atom is -0.0776 e. The molecule has 0 fully saturated rings. The average molecular weight is 164 g/mol. The molecule has 0 saturated carbocycles. The molecule has 0 spiro atoms. The van der Waals surface area contributed by atoms with Crippen LogP contribution < -0.4 is 0 Å². The summed E-state index contributed by atoms with van der Waals surface area (Å²) in [5, 5.41) is 0. The van der Waals surface area contributed by atoms with Gasteiger partial charge in [0.15, 0.2) is 0 Å². The van der Waals surface area contributed by atoms with Gasteiger partial charge in [-0.3, -0.25) is 0 Å². The van der Waals surface area contributed by atoms with E-state index < -0.39 is 0 Å². The fourth-order valence-corrected chi connectivity index (χ4v) is 0. The van der Waals surface area contributed by atoms with E-state index in [2.05, 4.69) is 39.3 Å². The van der Waals surface area contributed by atoms with Gasteiger partial charge in [0.25, 0.3) is 0 Å². The third-order valence-corrected chi connectivity index (χ3v) is 0. The van der Waals surface area contributed by atoms with Crippen LogP contribution in [0.3, 0.4) is 0 Å². The van der Waals surface area contributed by atoms with Gasteiger partial charge in [0.1, 0.15) is 0 Å². The van der Waals surface area contributed by atoms with E-state index in [4.69, 9.17) is 0 Å². The maximum Gasteiger partial charge on any atom is 0.0274 e. The van der Waals surface area contributed by atoms with Crippen LogP contribution in [0.25, 0.3) is 0 Å². The monoisotopic (exact) mass is 164 g/mol. The Hall–Kier alpha value is 0.434. The topological polar surface area (TPSA) is 0 Å². The summed E-state index contributed by atoms with van der Waals surface area (Å²) in [6, 6.07) is 0. The Bertz CT molecular complexity index is 22.4. The smallest absolute Gasteiger partial charge is 0.0274 e. The van der Waals surface area contributed by atoms with E-state index >= 15 is 0 Å². The highest BCUT2D eigenvalue weighted by atomic mass is 28.3. The summed E-state index contributed by atoms with van der Waals surface area (Å²) in [6.07, 6.45) is 0. The van der Waals surface area contributed by atoms with Crippen molar-refractivity contribution in [2.75, 3.05) is 0 Å². The lowest BCUT2D eigenvalue weighted by Gasteiger charge is -1.75. The summed E-state index contributed by atoms with van der Waals surface area (Å²) in [4.78, 5) is 0. The third kappa shape index (κ3) is 1860. The fraction of sp³-hybridized carbons (Fsp3) is 1.00. The SMILES string of the molecule is C.C[SiH](C)C.C[SiH](C)C. The second kappa shape index (κ2) is 11.3. The molecule has 0 atom stereocenters. The first kappa shape index (κ1) is 16.2. The van der Waals surface area contributed by atoms with E-state index in [1.807, 2.05) is 0 Å². The van der Waals surface area contributed by atoms with Gasteiger partial charge in [-0.05, 0) is 0 Å². The zero-order chi connectivity index (χ0) is 7.15. The maximum absolute atomic E-state index is 2.31. The van der Waals surface area contributed by atoms with Gasteiger partial charge in [-0.15, -0.1) is 0 Å². The highest BCUT2D eigenvalue weighted by molar-refractivity contribution is 6.54. The molecule has 0 N–H and O–H groups in total. The van der Waals surface area contributed by atoms with Crippen LogP contribution in [0.5, 0.6) is 0 Å². The molecule has 60 valence electrons. The van der Waals surface area contributed by atoms with E-state index in [0.717, 1.165) is 0 Å². The predicted octanol–water partition coefficient (Wildman–Crippen LogP) is 2.84. The molecule has 0 bridgehead atoms. The first-order valence-electron chi connectivity index (χ1n) is 3.46. The summed E-state index contributed by atoms with van der Waals surface area (Å²) in [5.74, 6) is 0. The molecule has 0 aliphatic heterocycles. The van der Waals surface area contributed by atoms with Crippen LogP contribution in [0, 0.1) is 0 Å². The van der Waals surface area contributed by atoms with Crippen LogP contribution in [-0.4, -0.2) is 17.6 Å². The molecule has 2 heteroatoms. The van der Waals surface area contributed by atoms with Crippen molar-refractivity contribution in [3.05, 3.63) is 0 Å². The van der Waals surface area contributed by atoms with Gasteiger partial charge in [-0.25, -0.2) is 0 Å². The van der Waals surface area contributed by atoms with Crippen molar-refractivity contribution in [3.8, 4) is 0 Å². The van der Waals surface area contributed by atoms with Gasteiger partial charge in [-0.2, -0.15) is 0 Å². The lowest BCUT2D eigenvalue weighted by Crippen LogP contribution is -1.84. The zero-order valence-electron chi connectivity index (χ0n) is 7.15. The second-order valence-electron chi connectivity index (χ2n) is 3.46. The van der Waals surface area contributed by atoms with Crippen molar-refractivity contribution < 1.29 is 0 Å². The van der Waals surface area contributed by atoms with Crippen molar-refractivity contribution in [3.63, 3.8) is 0 Å². The highest BCUT2D eigenvalue weighted by Gasteiger charge is 1.71. The quantitative estimate of drug-likeness (QED) is 0.483. The Balaban J connectivity index is -0.0000000720. The van der Waals surface area contributed by atoms with Crippen LogP contribution in [0.2, 0.25) is 39.3 Å². The van der Waals surface area contributed by atoms with Crippen LogP contribution in [0.1, 0.15) is 7.43 Å². The van der Waals surface area contributed by atoms with Crippen molar-refractivity contribution in [1.82, 2.24) is 0 Å². The fourth-order valence-electron chi connectivity index (χ4n) is 0. The molecular weight excluding hydrogens is 140 g/mol. The number of hydrogen-bond acceptors (Lipinski definition) is 0. The van der Waals surface area contributed by atoms with Crippen molar-refractivity contribution >= 4 is 17.6 Å². The van der Waals surface area contributed by atoms with E-state index in [-0.39, 0.29) is 25.0 Å². The highest BCUT2D eigenvalue weighted by Crippen LogP contribution is 1.68. The molecule has 0 rings (SSSR count). The largest absolute Gasteiger partial charge is 0.0776 e. The van der Waals surface area contributed by atoms with Gasteiger partial charge in [0.2, 0.25) is 0 Å². The molecule has 0 aromatic rings. The van der Waals surface area contributed by atoms with Crippen LogP contribution >= 0.6 is 0 Å². The van der Waals surface area contributed by atoms with Gasteiger partial charge in [0.05, 0.1) is 0 Å². The molecule has 0 heterocycles. The first-order chi connectivity index (χ1) is 3.46. The zero-order valence-corrected chi connectivity index (χ0v) is 9.46. The molecule has 0 radical (unpaired) electrons. The third-order valence-electron chi connectivity index (χ3n) is 0. The van der Waals surface area contributed by atoms with Gasteiger partial charge in [0, 0.05) is 17.6 Å². The Morgan fingerprint density at radius 2 is 0.556 bits per heavy atom. The molecular formula is C7H24Si2. The molecule has 0 saturated heterocycles. The van der Waals surface area contributed by atoms with Crippen LogP contribution in [0.4, 0.5) is 0 Å². The molecule has 0 aliphatic carbocycles. The van der Waals surface area contributed by atoms with Gasteiger partial charge < -0.3 is 0 Å². The number of hydrogen-bond donors (Lipinski definition) is 0. The molecule has 0 aromatic carbocycles. The second-order valence-corrected chi connectivity index (χ2v) is 10.4. The average Bonchev–Trinajstić information content (AvgIpc) is 1.25. The van der Waals surface area contributed by atoms with Crippen molar-refractivity contribution in [2.24, 2.45) is 0 Å². The Labute approximate surface area is 64.9 Å². The first-order valence-corrected chi connectivity index (χ1v) is 10.4. The maximum atomic E-state index is 2.31. The number of rotatable bonds is 0. The lowest BCUT2D eigenvalue weighted by atomic mass is 11.8. The standard InChI is InChI=1S/2C3H10Si.CH4/c2*1-4(2)3;/h2*4H,1-3H3;1H4. The molecule has 0 amide bonds. The minimum absolute atomic E-state index is 0. The van der Waals surface area contributed by atoms with Crippen LogP contribution in [-0.2, 0) is 0 Å². The summed E-state index contributed by atoms with van der Waals surface area (Å²) < 4.78 is 0. The molecule has 9 heavy (non-hydrogen) atoms. The van der Waals surface area contributed by atoms with E-state index in [9.17, 15) is 0 Å². The Kier molecular flexibility index (Phi) is 20.3. The summed E-state index contributed by atoms with van der Waals surface area (Å²) in [6.45, 7) is 13.8. The van der Waals surface area contributed by atoms with Crippen molar-refractivity contribution in [1.29, 1.82) is 0 Å². The Morgan fingerprint density at radius 1 is 0.556 bits per heavy atom. The molecule has 0 unspecified atom stereocenters. The van der Waals surface area contributed by atoms with E-state index in [1.54, 1.807) is 0 Å². The normalized spacial score (nSPS) is 8.00.